The SMILES string of the molecule is COc1cc(F)c(C(=O)N2CCn3nc(C(C)O)cc3C2)c(F)c1. The molecule has 1 N–H and O–H groups in total. The number of halogens is 2. The molecule has 24 heavy (non-hydrogen) atoms. The molecular formula is C16H17F2N3O3. The number of benzene rings is 1. The monoisotopic (exact) mass is 337 g/mol. The minimum atomic E-state index is -0.958. The topological polar surface area (TPSA) is 67.6 Å². The number of carbonyl (C=O) groups excluding carboxylic acids is 1. The Morgan fingerprint density at radius 3 is 2.54 bits per heavy atom. The predicted molar refractivity (Wildman–Crippen MR) is 80.5 cm³/mol. The zero-order valence-corrected chi connectivity index (χ0v) is 13.3. The smallest absolute Gasteiger partial charge is 0.260 e. The second kappa shape index (κ2) is 6.20. The van der Waals surface area contributed by atoms with E-state index < -0.39 is 29.2 Å². The first kappa shape index (κ1) is 16.4. The van der Waals surface area contributed by atoms with Gasteiger partial charge in [-0.05, 0) is 13.0 Å². The van der Waals surface area contributed by atoms with Gasteiger partial charge in [-0.2, -0.15) is 5.10 Å². The molecule has 1 amide bonds. The van der Waals surface area contributed by atoms with Gasteiger partial charge in [0.15, 0.2) is 0 Å². The first-order valence-corrected chi connectivity index (χ1v) is 7.47. The average molecular weight is 337 g/mol. The summed E-state index contributed by atoms with van der Waals surface area (Å²) in [5.41, 5.74) is 0.612. The summed E-state index contributed by atoms with van der Waals surface area (Å²) in [6, 6.07) is 3.65. The number of hydrogen-bond donors (Lipinski definition) is 1. The second-order valence-electron chi connectivity index (χ2n) is 5.65. The molecule has 0 aliphatic carbocycles. The third-order valence-corrected chi connectivity index (χ3v) is 4.00. The molecule has 0 radical (unpaired) electrons. The van der Waals surface area contributed by atoms with E-state index in [4.69, 9.17) is 4.74 Å². The lowest BCUT2D eigenvalue weighted by Gasteiger charge is -2.28. The van der Waals surface area contributed by atoms with Gasteiger partial charge in [-0.1, -0.05) is 0 Å². The van der Waals surface area contributed by atoms with Crippen molar-refractivity contribution in [3.8, 4) is 5.75 Å². The third kappa shape index (κ3) is 2.84. The summed E-state index contributed by atoms with van der Waals surface area (Å²) in [6.07, 6.45) is -0.719. The van der Waals surface area contributed by atoms with Crippen LogP contribution in [0.25, 0.3) is 0 Å². The Balaban J connectivity index is 1.86. The van der Waals surface area contributed by atoms with Crippen LogP contribution in [0, 0.1) is 11.6 Å². The Labute approximate surface area is 137 Å². The number of aromatic nitrogens is 2. The van der Waals surface area contributed by atoms with Crippen LogP contribution in [0.5, 0.6) is 5.75 Å². The lowest BCUT2D eigenvalue weighted by Crippen LogP contribution is -2.39. The van der Waals surface area contributed by atoms with Gasteiger partial charge >= 0.3 is 0 Å². The summed E-state index contributed by atoms with van der Waals surface area (Å²) in [5.74, 6) is -2.63. The number of rotatable bonds is 3. The zero-order valence-electron chi connectivity index (χ0n) is 13.3. The van der Waals surface area contributed by atoms with Crippen LogP contribution in [-0.2, 0) is 13.1 Å². The maximum absolute atomic E-state index is 14.1. The van der Waals surface area contributed by atoms with Gasteiger partial charge in [0.05, 0.1) is 37.7 Å². The van der Waals surface area contributed by atoms with Crippen molar-refractivity contribution in [3.63, 3.8) is 0 Å². The van der Waals surface area contributed by atoms with Crippen molar-refractivity contribution in [1.29, 1.82) is 0 Å². The van der Waals surface area contributed by atoms with Crippen LogP contribution >= 0.6 is 0 Å². The molecule has 0 saturated carbocycles. The molecule has 0 saturated heterocycles. The van der Waals surface area contributed by atoms with Crippen molar-refractivity contribution in [3.05, 3.63) is 46.8 Å². The van der Waals surface area contributed by atoms with Gasteiger partial charge < -0.3 is 14.7 Å². The van der Waals surface area contributed by atoms with Gasteiger partial charge in [0.25, 0.3) is 5.91 Å². The number of aliphatic hydroxyl groups is 1. The first-order valence-electron chi connectivity index (χ1n) is 7.47. The van der Waals surface area contributed by atoms with Crippen LogP contribution in [-0.4, -0.2) is 39.3 Å². The quantitative estimate of drug-likeness (QED) is 0.929. The van der Waals surface area contributed by atoms with Gasteiger partial charge in [0.1, 0.15) is 22.9 Å². The minimum absolute atomic E-state index is 0.0137. The molecule has 0 bridgehead atoms. The Hall–Kier alpha value is -2.48. The molecule has 8 heteroatoms. The van der Waals surface area contributed by atoms with E-state index in [0.717, 1.165) is 12.1 Å². The van der Waals surface area contributed by atoms with E-state index in [1.807, 2.05) is 0 Å². The number of amides is 1. The van der Waals surface area contributed by atoms with E-state index >= 15 is 0 Å². The average Bonchev–Trinajstić information content (AvgIpc) is 2.97. The van der Waals surface area contributed by atoms with Gasteiger partial charge in [0.2, 0.25) is 0 Å². The molecule has 0 fully saturated rings. The van der Waals surface area contributed by atoms with Crippen molar-refractivity contribution >= 4 is 5.91 Å². The number of methoxy groups -OCH3 is 1. The van der Waals surface area contributed by atoms with Crippen LogP contribution in [0.1, 0.15) is 34.8 Å². The van der Waals surface area contributed by atoms with Crippen molar-refractivity contribution in [2.24, 2.45) is 0 Å². The highest BCUT2D eigenvalue weighted by molar-refractivity contribution is 5.95. The Morgan fingerprint density at radius 2 is 1.96 bits per heavy atom. The van der Waals surface area contributed by atoms with Crippen molar-refractivity contribution in [2.75, 3.05) is 13.7 Å². The molecule has 1 aliphatic rings. The zero-order chi connectivity index (χ0) is 17.4. The fraction of sp³-hybridized carbons (Fsp3) is 0.375. The molecule has 1 aromatic heterocycles. The Kier molecular flexibility index (Phi) is 4.23. The molecule has 1 atom stereocenters. The van der Waals surface area contributed by atoms with Gasteiger partial charge in [-0.15, -0.1) is 0 Å². The standard InChI is InChI=1S/C16H17F2N3O3/c1-9(22)14-5-10-8-20(3-4-21(10)19-14)16(23)15-12(17)6-11(24-2)7-13(15)18/h5-7,9,22H,3-4,8H2,1-2H3. The van der Waals surface area contributed by atoms with E-state index in [1.165, 1.54) is 12.0 Å². The van der Waals surface area contributed by atoms with Crippen LogP contribution in [0.4, 0.5) is 8.78 Å². The summed E-state index contributed by atoms with van der Waals surface area (Å²) in [7, 11) is 1.29. The third-order valence-electron chi connectivity index (χ3n) is 4.00. The molecule has 0 spiro atoms. The largest absolute Gasteiger partial charge is 0.497 e. The number of nitrogens with zero attached hydrogens (tertiary/aromatic N) is 3. The summed E-state index contributed by atoms with van der Waals surface area (Å²) in [4.78, 5) is 13.9. The summed E-state index contributed by atoms with van der Waals surface area (Å²) >= 11 is 0. The maximum Gasteiger partial charge on any atom is 0.260 e. The minimum Gasteiger partial charge on any atom is -0.497 e. The highest BCUT2D eigenvalue weighted by Gasteiger charge is 2.28. The number of ether oxygens (including phenoxy) is 1. The normalized spacial score (nSPS) is 15.1. The number of aliphatic hydroxyl groups excluding tert-OH is 1. The second-order valence-corrected chi connectivity index (χ2v) is 5.65. The number of hydrogen-bond acceptors (Lipinski definition) is 4. The molecule has 2 aromatic rings. The summed E-state index contributed by atoms with van der Waals surface area (Å²) < 4.78 is 34.7. The van der Waals surface area contributed by atoms with Crippen LogP contribution < -0.4 is 4.74 Å². The van der Waals surface area contributed by atoms with E-state index in [1.54, 1.807) is 17.7 Å². The van der Waals surface area contributed by atoms with Crippen LogP contribution in [0.15, 0.2) is 18.2 Å². The van der Waals surface area contributed by atoms with Crippen molar-refractivity contribution in [2.45, 2.75) is 26.1 Å². The van der Waals surface area contributed by atoms with Crippen LogP contribution in [0.3, 0.4) is 0 Å². The molecule has 3 rings (SSSR count). The Morgan fingerprint density at radius 1 is 1.29 bits per heavy atom. The highest BCUT2D eigenvalue weighted by atomic mass is 19.1. The summed E-state index contributed by atoms with van der Waals surface area (Å²) in [5, 5.41) is 13.8. The first-order chi connectivity index (χ1) is 11.4. The molecular weight excluding hydrogens is 320 g/mol. The van der Waals surface area contributed by atoms with Crippen LogP contribution in [0.2, 0.25) is 0 Å². The van der Waals surface area contributed by atoms with E-state index in [-0.39, 0.29) is 18.8 Å². The predicted octanol–water partition coefficient (Wildman–Crippen LogP) is 1.88. The highest BCUT2D eigenvalue weighted by Crippen LogP contribution is 2.24. The fourth-order valence-electron chi connectivity index (χ4n) is 2.70. The van der Waals surface area contributed by atoms with Gasteiger partial charge in [-0.3, -0.25) is 9.48 Å². The summed E-state index contributed by atoms with van der Waals surface area (Å²) in [6.45, 7) is 2.44. The fourth-order valence-corrected chi connectivity index (χ4v) is 2.70. The van der Waals surface area contributed by atoms with Crippen molar-refractivity contribution < 1.29 is 23.4 Å². The van der Waals surface area contributed by atoms with Gasteiger partial charge in [0, 0.05) is 18.7 Å². The van der Waals surface area contributed by atoms with E-state index in [0.29, 0.717) is 17.9 Å². The number of carbonyl (C=O) groups is 1. The van der Waals surface area contributed by atoms with Gasteiger partial charge in [-0.25, -0.2) is 8.78 Å². The van der Waals surface area contributed by atoms with E-state index in [2.05, 4.69) is 5.10 Å². The lowest BCUT2D eigenvalue weighted by molar-refractivity contribution is 0.0695. The lowest BCUT2D eigenvalue weighted by atomic mass is 10.1. The maximum atomic E-state index is 14.1. The molecule has 6 nitrogen and oxygen atoms in total. The van der Waals surface area contributed by atoms with Crippen molar-refractivity contribution in [1.82, 2.24) is 14.7 Å². The molecule has 1 unspecified atom stereocenters. The molecule has 1 aliphatic heterocycles. The Bertz CT molecular complexity index is 766. The molecule has 2 heterocycles. The molecule has 1 aromatic carbocycles. The number of fused-ring (bicyclic) bond motifs is 1. The van der Waals surface area contributed by atoms with E-state index in [9.17, 15) is 18.7 Å². The molecule has 128 valence electrons.